The van der Waals surface area contributed by atoms with E-state index in [1.807, 2.05) is 32.0 Å². The van der Waals surface area contributed by atoms with Crippen molar-refractivity contribution in [2.75, 3.05) is 11.1 Å². The quantitative estimate of drug-likeness (QED) is 0.797. The third-order valence-corrected chi connectivity index (χ3v) is 2.98. The lowest BCUT2D eigenvalue weighted by Gasteiger charge is -2.29. The van der Waals surface area contributed by atoms with Gasteiger partial charge in [0.05, 0.1) is 6.10 Å². The molecule has 0 aliphatic heterocycles. The van der Waals surface area contributed by atoms with Gasteiger partial charge in [-0.05, 0) is 32.3 Å². The van der Waals surface area contributed by atoms with Crippen LogP contribution >= 0.6 is 0 Å². The fourth-order valence-corrected chi connectivity index (χ4v) is 1.51. The van der Waals surface area contributed by atoms with E-state index in [0.717, 1.165) is 17.1 Å². The van der Waals surface area contributed by atoms with Gasteiger partial charge < -0.3 is 15.8 Å². The third-order valence-electron chi connectivity index (χ3n) is 2.98. The molecule has 1 aromatic rings. The van der Waals surface area contributed by atoms with Crippen molar-refractivity contribution >= 4 is 11.4 Å². The number of anilines is 2. The molecule has 3 N–H and O–H groups in total. The average Bonchev–Trinajstić information content (AvgIpc) is 2.13. The minimum absolute atomic E-state index is 0.152. The molecule has 1 rings (SSSR count). The third kappa shape index (κ3) is 4.47. The van der Waals surface area contributed by atoms with Gasteiger partial charge >= 0.3 is 0 Å². The minimum Gasteiger partial charge on any atom is -0.491 e. The first-order valence-electron chi connectivity index (χ1n) is 6.52. The van der Waals surface area contributed by atoms with Crippen molar-refractivity contribution in [1.29, 1.82) is 0 Å². The van der Waals surface area contributed by atoms with E-state index < -0.39 is 0 Å². The number of hydrogen-bond donors (Lipinski definition) is 2. The number of benzene rings is 1. The number of rotatable bonds is 4. The molecule has 3 nitrogen and oxygen atoms in total. The summed E-state index contributed by atoms with van der Waals surface area (Å²) in [7, 11) is 0. The highest BCUT2D eigenvalue weighted by atomic mass is 16.5. The highest BCUT2D eigenvalue weighted by Crippen LogP contribution is 2.27. The van der Waals surface area contributed by atoms with E-state index in [4.69, 9.17) is 10.5 Å². The standard InChI is InChI=1S/C15H26N2O/c1-10(2)18-14-8-12(16)7-13(9-14)17-11(3)15(4,5)6/h7-11,17H,16H2,1-6H3. The molecule has 1 aromatic carbocycles. The SMILES string of the molecule is CC(C)Oc1cc(N)cc(NC(C)C(C)(C)C)c1. The molecule has 3 heteroatoms. The van der Waals surface area contributed by atoms with E-state index in [2.05, 4.69) is 33.0 Å². The summed E-state index contributed by atoms with van der Waals surface area (Å²) in [6.45, 7) is 12.8. The largest absolute Gasteiger partial charge is 0.491 e. The predicted molar refractivity (Wildman–Crippen MR) is 79.2 cm³/mol. The van der Waals surface area contributed by atoms with Crippen LogP contribution in [-0.2, 0) is 0 Å². The van der Waals surface area contributed by atoms with E-state index in [9.17, 15) is 0 Å². The van der Waals surface area contributed by atoms with Gasteiger partial charge in [-0.1, -0.05) is 20.8 Å². The smallest absolute Gasteiger partial charge is 0.123 e. The van der Waals surface area contributed by atoms with Crippen LogP contribution in [0.15, 0.2) is 18.2 Å². The Kier molecular flexibility index (Phi) is 4.49. The Balaban J connectivity index is 2.86. The lowest BCUT2D eigenvalue weighted by Crippen LogP contribution is -2.30. The summed E-state index contributed by atoms with van der Waals surface area (Å²) >= 11 is 0. The van der Waals surface area contributed by atoms with Crippen molar-refractivity contribution in [3.8, 4) is 5.75 Å². The van der Waals surface area contributed by atoms with Crippen molar-refractivity contribution < 1.29 is 4.74 Å². The second-order valence-corrected chi connectivity index (χ2v) is 6.19. The number of ether oxygens (including phenoxy) is 1. The van der Waals surface area contributed by atoms with Gasteiger partial charge in [-0.2, -0.15) is 0 Å². The zero-order valence-corrected chi connectivity index (χ0v) is 12.4. The highest BCUT2D eigenvalue weighted by molar-refractivity contribution is 5.59. The molecule has 0 heterocycles. The number of nitrogen functional groups attached to an aromatic ring is 1. The molecule has 1 atom stereocenters. The maximum atomic E-state index is 5.90. The second kappa shape index (κ2) is 5.51. The van der Waals surface area contributed by atoms with Gasteiger partial charge in [0.2, 0.25) is 0 Å². The lowest BCUT2D eigenvalue weighted by molar-refractivity contribution is 0.242. The van der Waals surface area contributed by atoms with E-state index >= 15 is 0 Å². The molecular formula is C15H26N2O. The molecule has 0 spiro atoms. The summed E-state index contributed by atoms with van der Waals surface area (Å²) in [6.07, 6.45) is 0.152. The second-order valence-electron chi connectivity index (χ2n) is 6.19. The average molecular weight is 250 g/mol. The predicted octanol–water partition coefficient (Wildman–Crippen LogP) is 3.90. The zero-order chi connectivity index (χ0) is 13.9. The van der Waals surface area contributed by atoms with Gasteiger partial charge in [0.15, 0.2) is 0 Å². The summed E-state index contributed by atoms with van der Waals surface area (Å²) in [5.74, 6) is 0.814. The molecular weight excluding hydrogens is 224 g/mol. The van der Waals surface area contributed by atoms with Crippen molar-refractivity contribution in [2.24, 2.45) is 5.41 Å². The van der Waals surface area contributed by atoms with Gasteiger partial charge in [0.25, 0.3) is 0 Å². The molecule has 0 saturated heterocycles. The Labute approximate surface area is 111 Å². The van der Waals surface area contributed by atoms with Crippen molar-refractivity contribution in [3.05, 3.63) is 18.2 Å². The van der Waals surface area contributed by atoms with Crippen molar-refractivity contribution in [1.82, 2.24) is 0 Å². The number of nitrogens with two attached hydrogens (primary N) is 1. The van der Waals surface area contributed by atoms with Gasteiger partial charge in [0, 0.05) is 29.5 Å². The molecule has 0 aliphatic rings. The lowest BCUT2D eigenvalue weighted by atomic mass is 9.88. The van der Waals surface area contributed by atoms with Crippen LogP contribution in [0.1, 0.15) is 41.5 Å². The molecule has 102 valence electrons. The Morgan fingerprint density at radius 3 is 2.22 bits per heavy atom. The van der Waals surface area contributed by atoms with Crippen LogP contribution < -0.4 is 15.8 Å². The minimum atomic E-state index is 0.152. The molecule has 0 saturated carbocycles. The van der Waals surface area contributed by atoms with Crippen molar-refractivity contribution in [3.63, 3.8) is 0 Å². The van der Waals surface area contributed by atoms with Crippen LogP contribution in [0.5, 0.6) is 5.75 Å². The van der Waals surface area contributed by atoms with Crippen LogP contribution in [0.3, 0.4) is 0 Å². The van der Waals surface area contributed by atoms with Crippen LogP contribution in [0.25, 0.3) is 0 Å². The highest BCUT2D eigenvalue weighted by Gasteiger charge is 2.19. The summed E-state index contributed by atoms with van der Waals surface area (Å²) in [6, 6.07) is 6.15. The van der Waals surface area contributed by atoms with Gasteiger partial charge in [-0.3, -0.25) is 0 Å². The summed E-state index contributed by atoms with van der Waals surface area (Å²) in [5.41, 5.74) is 7.82. The first kappa shape index (κ1) is 14.7. The maximum absolute atomic E-state index is 5.90. The Bertz CT molecular complexity index is 394. The summed E-state index contributed by atoms with van der Waals surface area (Å²) in [4.78, 5) is 0. The normalized spacial score (nSPS) is 13.5. The van der Waals surface area contributed by atoms with E-state index in [0.29, 0.717) is 6.04 Å². The summed E-state index contributed by atoms with van der Waals surface area (Å²) in [5, 5.41) is 3.48. The number of nitrogens with one attached hydrogen (secondary N) is 1. The molecule has 18 heavy (non-hydrogen) atoms. The zero-order valence-electron chi connectivity index (χ0n) is 12.4. The van der Waals surface area contributed by atoms with Crippen LogP contribution in [0.2, 0.25) is 0 Å². The van der Waals surface area contributed by atoms with Gasteiger partial charge in [-0.25, -0.2) is 0 Å². The first-order chi connectivity index (χ1) is 8.18. The van der Waals surface area contributed by atoms with Crippen LogP contribution in [0.4, 0.5) is 11.4 Å². The topological polar surface area (TPSA) is 47.3 Å². The molecule has 0 amide bonds. The van der Waals surface area contributed by atoms with E-state index in [-0.39, 0.29) is 11.5 Å². The first-order valence-corrected chi connectivity index (χ1v) is 6.52. The number of hydrogen-bond acceptors (Lipinski definition) is 3. The maximum Gasteiger partial charge on any atom is 0.123 e. The molecule has 0 aliphatic carbocycles. The van der Waals surface area contributed by atoms with Gasteiger partial charge in [-0.15, -0.1) is 0 Å². The molecule has 0 radical (unpaired) electrons. The van der Waals surface area contributed by atoms with Gasteiger partial charge in [0.1, 0.15) is 5.75 Å². The Hall–Kier alpha value is -1.38. The van der Waals surface area contributed by atoms with Crippen LogP contribution in [-0.4, -0.2) is 12.1 Å². The molecule has 0 aromatic heterocycles. The molecule has 1 unspecified atom stereocenters. The fraction of sp³-hybridized carbons (Fsp3) is 0.600. The van der Waals surface area contributed by atoms with Crippen molar-refractivity contribution in [2.45, 2.75) is 53.7 Å². The summed E-state index contributed by atoms with van der Waals surface area (Å²) < 4.78 is 5.68. The Morgan fingerprint density at radius 1 is 1.11 bits per heavy atom. The van der Waals surface area contributed by atoms with Crippen LogP contribution in [0, 0.1) is 5.41 Å². The molecule has 0 fully saturated rings. The monoisotopic (exact) mass is 250 g/mol. The Morgan fingerprint density at radius 2 is 1.72 bits per heavy atom. The van der Waals surface area contributed by atoms with E-state index in [1.54, 1.807) is 0 Å². The fourth-order valence-electron chi connectivity index (χ4n) is 1.51. The molecule has 0 bridgehead atoms. The van der Waals surface area contributed by atoms with E-state index in [1.165, 1.54) is 0 Å².